The molecule has 0 fully saturated rings. The summed E-state index contributed by atoms with van der Waals surface area (Å²) in [5.41, 5.74) is 0. The summed E-state index contributed by atoms with van der Waals surface area (Å²) in [6, 6.07) is 0. The number of nitrogens with zero attached hydrogens (tertiary/aromatic N) is 3. The van der Waals surface area contributed by atoms with Crippen molar-refractivity contribution in [2.24, 2.45) is 5.92 Å². The highest BCUT2D eigenvalue weighted by atomic mass is 16.5. The standard InChI is InChI=1S/C12H22N4O/c1-10(2)9-16(5-6-17-4)12-8-14-7-11(13-3)15-12/h7-8,10H,5-6,9H2,1-4H3,(H,13,15). The van der Waals surface area contributed by atoms with E-state index in [1.165, 1.54) is 0 Å². The van der Waals surface area contributed by atoms with Gasteiger partial charge in [-0.2, -0.15) is 0 Å². The van der Waals surface area contributed by atoms with E-state index in [0.717, 1.165) is 24.7 Å². The van der Waals surface area contributed by atoms with Crippen molar-refractivity contribution < 1.29 is 4.74 Å². The third-order valence-corrected chi connectivity index (χ3v) is 2.35. The Labute approximate surface area is 103 Å². The number of nitrogens with one attached hydrogen (secondary N) is 1. The van der Waals surface area contributed by atoms with Crippen LogP contribution in [0.25, 0.3) is 0 Å². The van der Waals surface area contributed by atoms with E-state index < -0.39 is 0 Å². The third-order valence-electron chi connectivity index (χ3n) is 2.35. The minimum Gasteiger partial charge on any atom is -0.383 e. The summed E-state index contributed by atoms with van der Waals surface area (Å²) in [5, 5.41) is 3.00. The molecule has 1 rings (SSSR count). The number of hydrogen-bond donors (Lipinski definition) is 1. The molecular weight excluding hydrogens is 216 g/mol. The van der Waals surface area contributed by atoms with Crippen molar-refractivity contribution in [3.63, 3.8) is 0 Å². The normalized spacial score (nSPS) is 10.6. The maximum Gasteiger partial charge on any atom is 0.149 e. The zero-order valence-electron chi connectivity index (χ0n) is 11.1. The molecule has 0 aliphatic rings. The van der Waals surface area contributed by atoms with Gasteiger partial charge >= 0.3 is 0 Å². The Morgan fingerprint density at radius 1 is 1.41 bits per heavy atom. The van der Waals surface area contributed by atoms with E-state index in [0.29, 0.717) is 12.5 Å². The lowest BCUT2D eigenvalue weighted by atomic mass is 10.2. The molecule has 1 N–H and O–H groups in total. The Morgan fingerprint density at radius 2 is 2.18 bits per heavy atom. The molecule has 1 aromatic heterocycles. The van der Waals surface area contributed by atoms with Crippen LogP contribution in [0, 0.1) is 5.92 Å². The maximum absolute atomic E-state index is 5.13. The molecule has 0 saturated carbocycles. The SMILES string of the molecule is CNc1cncc(N(CCOC)CC(C)C)n1. The van der Waals surface area contributed by atoms with Crippen molar-refractivity contribution in [1.29, 1.82) is 0 Å². The van der Waals surface area contributed by atoms with Crippen molar-refractivity contribution in [2.75, 3.05) is 44.1 Å². The molecule has 0 amide bonds. The van der Waals surface area contributed by atoms with Crippen LogP contribution in [-0.2, 0) is 4.74 Å². The highest BCUT2D eigenvalue weighted by Crippen LogP contribution is 2.13. The molecule has 0 aromatic carbocycles. The van der Waals surface area contributed by atoms with Gasteiger partial charge in [0.2, 0.25) is 0 Å². The average molecular weight is 238 g/mol. The van der Waals surface area contributed by atoms with Crippen LogP contribution in [-0.4, -0.2) is 43.8 Å². The lowest BCUT2D eigenvalue weighted by Crippen LogP contribution is -2.31. The summed E-state index contributed by atoms with van der Waals surface area (Å²) in [6.45, 7) is 6.85. The Balaban J connectivity index is 2.78. The monoisotopic (exact) mass is 238 g/mol. The number of methoxy groups -OCH3 is 1. The first-order valence-corrected chi connectivity index (χ1v) is 5.91. The number of aromatic nitrogens is 2. The van der Waals surface area contributed by atoms with Gasteiger partial charge in [0.05, 0.1) is 19.0 Å². The van der Waals surface area contributed by atoms with Crippen LogP contribution in [0.3, 0.4) is 0 Å². The predicted octanol–water partition coefficient (Wildman–Crippen LogP) is 1.63. The van der Waals surface area contributed by atoms with Gasteiger partial charge in [-0.1, -0.05) is 13.8 Å². The Kier molecular flexibility index (Phi) is 5.69. The summed E-state index contributed by atoms with van der Waals surface area (Å²) in [4.78, 5) is 10.9. The first-order valence-electron chi connectivity index (χ1n) is 5.91. The molecule has 0 bridgehead atoms. The fourth-order valence-electron chi connectivity index (χ4n) is 1.57. The average Bonchev–Trinajstić information content (AvgIpc) is 2.34. The topological polar surface area (TPSA) is 50.3 Å². The third kappa shape index (κ3) is 4.56. The zero-order chi connectivity index (χ0) is 12.7. The van der Waals surface area contributed by atoms with E-state index in [1.54, 1.807) is 19.5 Å². The van der Waals surface area contributed by atoms with Crippen molar-refractivity contribution in [3.05, 3.63) is 12.4 Å². The number of rotatable bonds is 7. The highest BCUT2D eigenvalue weighted by molar-refractivity contribution is 5.43. The van der Waals surface area contributed by atoms with Crippen LogP contribution in [0.5, 0.6) is 0 Å². The largest absolute Gasteiger partial charge is 0.383 e. The predicted molar refractivity (Wildman–Crippen MR) is 70.5 cm³/mol. The Hall–Kier alpha value is -1.36. The minimum absolute atomic E-state index is 0.576. The zero-order valence-corrected chi connectivity index (χ0v) is 11.1. The molecule has 1 aromatic rings. The lowest BCUT2D eigenvalue weighted by molar-refractivity contribution is 0.204. The number of ether oxygens (including phenoxy) is 1. The van der Waals surface area contributed by atoms with E-state index >= 15 is 0 Å². The first-order chi connectivity index (χ1) is 8.17. The van der Waals surface area contributed by atoms with Crippen LogP contribution in [0.2, 0.25) is 0 Å². The second-order valence-electron chi connectivity index (χ2n) is 4.35. The summed E-state index contributed by atoms with van der Waals surface area (Å²) < 4.78 is 5.13. The lowest BCUT2D eigenvalue weighted by Gasteiger charge is -2.25. The molecule has 0 saturated heterocycles. The summed E-state index contributed by atoms with van der Waals surface area (Å²) in [6.07, 6.45) is 3.51. The van der Waals surface area contributed by atoms with Gasteiger partial charge in [0.1, 0.15) is 11.6 Å². The molecule has 0 unspecified atom stereocenters. The van der Waals surface area contributed by atoms with Crippen LogP contribution < -0.4 is 10.2 Å². The Morgan fingerprint density at radius 3 is 2.76 bits per heavy atom. The van der Waals surface area contributed by atoms with Gasteiger partial charge in [-0.15, -0.1) is 0 Å². The highest BCUT2D eigenvalue weighted by Gasteiger charge is 2.10. The molecule has 0 radical (unpaired) electrons. The van der Waals surface area contributed by atoms with Gasteiger partial charge in [0.25, 0.3) is 0 Å². The van der Waals surface area contributed by atoms with Gasteiger partial charge < -0.3 is 15.0 Å². The smallest absolute Gasteiger partial charge is 0.149 e. The van der Waals surface area contributed by atoms with Crippen molar-refractivity contribution in [3.8, 4) is 0 Å². The van der Waals surface area contributed by atoms with E-state index in [4.69, 9.17) is 4.74 Å². The van der Waals surface area contributed by atoms with Crippen molar-refractivity contribution in [2.45, 2.75) is 13.8 Å². The number of anilines is 2. The van der Waals surface area contributed by atoms with Gasteiger partial charge in [0, 0.05) is 27.2 Å². The second-order valence-corrected chi connectivity index (χ2v) is 4.35. The molecule has 0 aliphatic carbocycles. The summed E-state index contributed by atoms with van der Waals surface area (Å²) in [7, 11) is 3.55. The van der Waals surface area contributed by atoms with E-state index in [9.17, 15) is 0 Å². The maximum atomic E-state index is 5.13. The first kappa shape index (κ1) is 13.7. The van der Waals surface area contributed by atoms with Crippen LogP contribution in [0.4, 0.5) is 11.6 Å². The van der Waals surface area contributed by atoms with Crippen LogP contribution in [0.1, 0.15) is 13.8 Å². The van der Waals surface area contributed by atoms with E-state index in [-0.39, 0.29) is 0 Å². The van der Waals surface area contributed by atoms with Crippen molar-refractivity contribution in [1.82, 2.24) is 9.97 Å². The van der Waals surface area contributed by atoms with Gasteiger partial charge in [-0.3, -0.25) is 4.98 Å². The molecule has 0 spiro atoms. The molecule has 5 heteroatoms. The summed E-state index contributed by atoms with van der Waals surface area (Å²) >= 11 is 0. The Bertz CT molecular complexity index is 330. The fourth-order valence-corrected chi connectivity index (χ4v) is 1.57. The molecule has 0 atom stereocenters. The van der Waals surface area contributed by atoms with Gasteiger partial charge in [-0.25, -0.2) is 4.98 Å². The van der Waals surface area contributed by atoms with Gasteiger partial charge in [0.15, 0.2) is 0 Å². The molecule has 1 heterocycles. The molecule has 0 aliphatic heterocycles. The molecule has 5 nitrogen and oxygen atoms in total. The fraction of sp³-hybridized carbons (Fsp3) is 0.667. The summed E-state index contributed by atoms with van der Waals surface area (Å²) in [5.74, 6) is 2.25. The van der Waals surface area contributed by atoms with Gasteiger partial charge in [-0.05, 0) is 5.92 Å². The molecule has 96 valence electrons. The van der Waals surface area contributed by atoms with Crippen LogP contribution in [0.15, 0.2) is 12.4 Å². The second kappa shape index (κ2) is 7.06. The van der Waals surface area contributed by atoms with Crippen LogP contribution >= 0.6 is 0 Å². The molecule has 17 heavy (non-hydrogen) atoms. The minimum atomic E-state index is 0.576. The number of hydrogen-bond acceptors (Lipinski definition) is 5. The van der Waals surface area contributed by atoms with E-state index in [2.05, 4.69) is 34.0 Å². The van der Waals surface area contributed by atoms with Crippen molar-refractivity contribution >= 4 is 11.6 Å². The quantitative estimate of drug-likeness (QED) is 0.782. The van der Waals surface area contributed by atoms with E-state index in [1.807, 2.05) is 7.05 Å². The molecular formula is C12H22N4O.